The summed E-state index contributed by atoms with van der Waals surface area (Å²) in [5.74, 6) is 1.12. The number of aryl methyl sites for hydroxylation is 1. The van der Waals surface area contributed by atoms with Gasteiger partial charge in [-0.2, -0.15) is 5.10 Å². The summed E-state index contributed by atoms with van der Waals surface area (Å²) >= 11 is 0. The highest BCUT2D eigenvalue weighted by atomic mass is 16.5. The molecule has 1 saturated carbocycles. The third-order valence-electron chi connectivity index (χ3n) is 5.29. The molecule has 1 aliphatic rings. The largest absolute Gasteiger partial charge is 0.497 e. The molecule has 1 aliphatic carbocycles. The number of anilines is 1. The van der Waals surface area contributed by atoms with Gasteiger partial charge in [-0.15, -0.1) is 0 Å². The molecular formula is C22H24N4O3. The molecule has 1 amide bonds. The van der Waals surface area contributed by atoms with E-state index < -0.39 is 0 Å². The topological polar surface area (TPSA) is 78.2 Å². The Balaban J connectivity index is 1.60. The van der Waals surface area contributed by atoms with Crippen LogP contribution in [-0.4, -0.2) is 27.4 Å². The molecule has 0 spiro atoms. The summed E-state index contributed by atoms with van der Waals surface area (Å²) in [5, 5.41) is 7.54. The Kier molecular flexibility index (Phi) is 5.20. The van der Waals surface area contributed by atoms with E-state index in [1.54, 1.807) is 43.6 Å². The Morgan fingerprint density at radius 1 is 1.14 bits per heavy atom. The number of hydrogen-bond acceptors (Lipinski definition) is 4. The molecule has 29 heavy (non-hydrogen) atoms. The normalized spacial score (nSPS) is 14.1. The van der Waals surface area contributed by atoms with E-state index in [1.165, 1.54) is 23.5 Å². The molecule has 2 heterocycles. The minimum Gasteiger partial charge on any atom is -0.497 e. The Morgan fingerprint density at radius 3 is 2.55 bits per heavy atom. The van der Waals surface area contributed by atoms with Crippen molar-refractivity contribution < 1.29 is 9.53 Å². The molecule has 0 bridgehead atoms. The van der Waals surface area contributed by atoms with Crippen LogP contribution in [0.15, 0.2) is 53.5 Å². The first-order valence-electron chi connectivity index (χ1n) is 9.80. The number of nitrogens with one attached hydrogen (secondary N) is 1. The van der Waals surface area contributed by atoms with Crippen molar-refractivity contribution in [3.05, 3.63) is 70.3 Å². The fraction of sp³-hybridized carbons (Fsp3) is 0.318. The lowest BCUT2D eigenvalue weighted by atomic mass is 10.2. The number of hydrogen-bond donors (Lipinski definition) is 1. The van der Waals surface area contributed by atoms with E-state index in [9.17, 15) is 9.59 Å². The zero-order valence-corrected chi connectivity index (χ0v) is 16.6. The van der Waals surface area contributed by atoms with Crippen LogP contribution in [0, 0.1) is 6.92 Å². The maximum Gasteiger partial charge on any atom is 0.258 e. The molecule has 0 atom stereocenters. The van der Waals surface area contributed by atoms with E-state index in [4.69, 9.17) is 4.74 Å². The molecule has 4 rings (SSSR count). The number of rotatable bonds is 5. The van der Waals surface area contributed by atoms with Crippen molar-refractivity contribution in [2.45, 2.75) is 38.6 Å². The van der Waals surface area contributed by atoms with Gasteiger partial charge in [-0.1, -0.05) is 12.8 Å². The van der Waals surface area contributed by atoms with E-state index in [2.05, 4.69) is 10.4 Å². The van der Waals surface area contributed by atoms with Crippen LogP contribution in [0.1, 0.15) is 47.8 Å². The van der Waals surface area contributed by atoms with Gasteiger partial charge in [-0.05, 0) is 50.1 Å². The number of benzene rings is 1. The summed E-state index contributed by atoms with van der Waals surface area (Å²) in [7, 11) is 1.59. The molecule has 150 valence electrons. The molecule has 0 unspecified atom stereocenters. The number of aromatic nitrogens is 3. The molecule has 0 saturated heterocycles. The molecule has 0 radical (unpaired) electrons. The number of ether oxygens (including phenoxy) is 1. The Bertz CT molecular complexity index is 1080. The van der Waals surface area contributed by atoms with E-state index >= 15 is 0 Å². The average molecular weight is 392 g/mol. The molecule has 3 aromatic rings. The number of methoxy groups -OCH3 is 1. The van der Waals surface area contributed by atoms with Crippen LogP contribution in [0.4, 0.5) is 5.82 Å². The maximum absolute atomic E-state index is 12.9. The molecule has 7 nitrogen and oxygen atoms in total. The molecule has 2 aromatic heterocycles. The van der Waals surface area contributed by atoms with Crippen LogP contribution in [0.2, 0.25) is 0 Å². The smallest absolute Gasteiger partial charge is 0.258 e. The summed E-state index contributed by atoms with van der Waals surface area (Å²) in [6, 6.07) is 12.3. The SMILES string of the molecule is COc1ccc(-n2cc(C(=O)Nc3cc(C)nn3C3CCCC3)ccc2=O)cc1. The van der Waals surface area contributed by atoms with Gasteiger partial charge in [0.2, 0.25) is 0 Å². The van der Waals surface area contributed by atoms with Gasteiger partial charge in [0.05, 0.1) is 24.4 Å². The second-order valence-corrected chi connectivity index (χ2v) is 7.33. The van der Waals surface area contributed by atoms with Gasteiger partial charge in [-0.3, -0.25) is 14.2 Å². The van der Waals surface area contributed by atoms with Gasteiger partial charge >= 0.3 is 0 Å². The van der Waals surface area contributed by atoms with E-state index in [-0.39, 0.29) is 11.5 Å². The Morgan fingerprint density at radius 2 is 1.86 bits per heavy atom. The van der Waals surface area contributed by atoms with Crippen molar-refractivity contribution in [3.63, 3.8) is 0 Å². The fourth-order valence-corrected chi connectivity index (χ4v) is 3.79. The van der Waals surface area contributed by atoms with E-state index in [1.807, 2.05) is 17.7 Å². The fourth-order valence-electron chi connectivity index (χ4n) is 3.79. The quantitative estimate of drug-likeness (QED) is 0.718. The molecular weight excluding hydrogens is 368 g/mol. The Labute approximate surface area is 168 Å². The summed E-state index contributed by atoms with van der Waals surface area (Å²) in [5.41, 5.74) is 1.73. The van der Waals surface area contributed by atoms with Gasteiger partial charge in [0.15, 0.2) is 0 Å². The van der Waals surface area contributed by atoms with Gasteiger partial charge in [0, 0.05) is 24.0 Å². The predicted molar refractivity (Wildman–Crippen MR) is 111 cm³/mol. The zero-order valence-electron chi connectivity index (χ0n) is 16.6. The van der Waals surface area contributed by atoms with Crippen LogP contribution < -0.4 is 15.6 Å². The Hall–Kier alpha value is -3.35. The lowest BCUT2D eigenvalue weighted by Gasteiger charge is -2.15. The number of carbonyl (C=O) groups excluding carboxylic acids is 1. The van der Waals surface area contributed by atoms with Gasteiger partial charge < -0.3 is 10.1 Å². The third-order valence-corrected chi connectivity index (χ3v) is 5.29. The minimum absolute atomic E-state index is 0.210. The second-order valence-electron chi connectivity index (χ2n) is 7.33. The highest BCUT2D eigenvalue weighted by Crippen LogP contribution is 2.32. The van der Waals surface area contributed by atoms with Crippen molar-refractivity contribution in [3.8, 4) is 11.4 Å². The lowest BCUT2D eigenvalue weighted by molar-refractivity contribution is 0.102. The molecule has 1 fully saturated rings. The predicted octanol–water partition coefficient (Wildman–Crippen LogP) is 3.72. The standard InChI is InChI=1S/C22H24N4O3/c1-15-13-20(26(24-15)18-5-3-4-6-18)23-22(28)16-7-12-21(27)25(14-16)17-8-10-19(29-2)11-9-17/h7-14,18H,3-6H2,1-2H3,(H,23,28). The van der Waals surface area contributed by atoms with Gasteiger partial charge in [-0.25, -0.2) is 4.68 Å². The molecule has 0 aliphatic heterocycles. The van der Waals surface area contributed by atoms with Gasteiger partial charge in [0.1, 0.15) is 11.6 Å². The monoisotopic (exact) mass is 392 g/mol. The highest BCUT2D eigenvalue weighted by Gasteiger charge is 2.22. The molecule has 7 heteroatoms. The van der Waals surface area contributed by atoms with Crippen molar-refractivity contribution >= 4 is 11.7 Å². The second kappa shape index (κ2) is 7.95. The summed E-state index contributed by atoms with van der Waals surface area (Å²) in [6.07, 6.45) is 6.08. The van der Waals surface area contributed by atoms with Crippen LogP contribution in [0.5, 0.6) is 5.75 Å². The summed E-state index contributed by atoms with van der Waals surface area (Å²) in [4.78, 5) is 25.2. The van der Waals surface area contributed by atoms with Crippen LogP contribution in [0.25, 0.3) is 5.69 Å². The van der Waals surface area contributed by atoms with Crippen molar-refractivity contribution in [2.24, 2.45) is 0 Å². The first kappa shape index (κ1) is 19.0. The lowest BCUT2D eigenvalue weighted by Crippen LogP contribution is -2.22. The summed E-state index contributed by atoms with van der Waals surface area (Å²) < 4.78 is 8.54. The summed E-state index contributed by atoms with van der Waals surface area (Å²) in [6.45, 7) is 1.92. The van der Waals surface area contributed by atoms with Crippen LogP contribution in [0.3, 0.4) is 0 Å². The van der Waals surface area contributed by atoms with Crippen molar-refractivity contribution in [2.75, 3.05) is 12.4 Å². The number of carbonyl (C=O) groups is 1. The zero-order chi connectivity index (χ0) is 20.4. The average Bonchev–Trinajstić information content (AvgIpc) is 3.38. The van der Waals surface area contributed by atoms with E-state index in [0.717, 1.165) is 18.5 Å². The first-order chi connectivity index (χ1) is 14.0. The van der Waals surface area contributed by atoms with Crippen molar-refractivity contribution in [1.82, 2.24) is 14.3 Å². The third kappa shape index (κ3) is 3.94. The van der Waals surface area contributed by atoms with E-state index in [0.29, 0.717) is 28.9 Å². The highest BCUT2D eigenvalue weighted by molar-refractivity contribution is 6.03. The molecule has 1 N–H and O–H groups in total. The van der Waals surface area contributed by atoms with Crippen LogP contribution >= 0.6 is 0 Å². The first-order valence-corrected chi connectivity index (χ1v) is 9.80. The van der Waals surface area contributed by atoms with Crippen molar-refractivity contribution in [1.29, 1.82) is 0 Å². The van der Waals surface area contributed by atoms with Gasteiger partial charge in [0.25, 0.3) is 11.5 Å². The maximum atomic E-state index is 12.9. The molecule has 1 aromatic carbocycles. The number of pyridine rings is 1. The van der Waals surface area contributed by atoms with Crippen LogP contribution in [-0.2, 0) is 0 Å². The number of nitrogens with zero attached hydrogens (tertiary/aromatic N) is 3. The number of amides is 1. The minimum atomic E-state index is -0.272.